The van der Waals surface area contributed by atoms with Crippen LogP contribution in [0.15, 0.2) is 22.8 Å². The normalized spacial score (nSPS) is 10.5. The van der Waals surface area contributed by atoms with Crippen LogP contribution in [0.2, 0.25) is 0 Å². The minimum absolute atomic E-state index is 0.153. The second kappa shape index (κ2) is 2.85. The number of aromatic nitrogens is 2. The molecule has 0 unspecified atom stereocenters. The molecule has 0 bridgehead atoms. The second-order valence-corrected chi connectivity index (χ2v) is 3.49. The molecule has 2 rings (SSSR count). The number of rotatable bonds is 1. The van der Waals surface area contributed by atoms with Gasteiger partial charge in [-0.2, -0.15) is 0 Å². The van der Waals surface area contributed by atoms with Gasteiger partial charge >= 0.3 is 5.97 Å². The average molecular weight is 241 g/mol. The molecule has 0 amide bonds. The number of hydrogen-bond acceptors (Lipinski definition) is 2. The number of aromatic amines is 1. The summed E-state index contributed by atoms with van der Waals surface area (Å²) in [5.41, 5.74) is 1.52. The van der Waals surface area contributed by atoms with Crippen LogP contribution >= 0.6 is 15.9 Å². The third-order valence-corrected chi connectivity index (χ3v) is 2.10. The van der Waals surface area contributed by atoms with E-state index in [2.05, 4.69) is 25.9 Å². The van der Waals surface area contributed by atoms with Crippen molar-refractivity contribution in [3.8, 4) is 0 Å². The molecule has 5 heteroatoms. The van der Waals surface area contributed by atoms with Crippen LogP contribution in [0.4, 0.5) is 0 Å². The van der Waals surface area contributed by atoms with Gasteiger partial charge in [0.25, 0.3) is 0 Å². The summed E-state index contributed by atoms with van der Waals surface area (Å²) in [6, 6.07) is 3.29. The first-order chi connectivity index (χ1) is 6.16. The van der Waals surface area contributed by atoms with Crippen molar-refractivity contribution in [3.63, 3.8) is 0 Å². The topological polar surface area (TPSA) is 66.0 Å². The lowest BCUT2D eigenvalue weighted by atomic mass is 10.4. The minimum atomic E-state index is -0.978. The molecular weight excluding hydrogens is 236 g/mol. The Morgan fingerprint density at radius 3 is 3.00 bits per heavy atom. The zero-order valence-corrected chi connectivity index (χ0v) is 8.00. The summed E-state index contributed by atoms with van der Waals surface area (Å²) in [5, 5.41) is 8.68. The van der Waals surface area contributed by atoms with E-state index in [0.29, 0.717) is 11.0 Å². The summed E-state index contributed by atoms with van der Waals surface area (Å²) < 4.78 is 0.818. The maximum atomic E-state index is 10.6. The van der Waals surface area contributed by atoms with Gasteiger partial charge in [0.05, 0.1) is 11.0 Å². The summed E-state index contributed by atoms with van der Waals surface area (Å²) in [4.78, 5) is 17.4. The Morgan fingerprint density at radius 1 is 1.54 bits per heavy atom. The summed E-state index contributed by atoms with van der Waals surface area (Å²) >= 11 is 3.25. The van der Waals surface area contributed by atoms with Gasteiger partial charge in [-0.3, -0.25) is 4.98 Å². The molecule has 2 heterocycles. The minimum Gasteiger partial charge on any atom is -0.477 e. The van der Waals surface area contributed by atoms with Crippen molar-refractivity contribution in [1.29, 1.82) is 0 Å². The predicted molar refractivity (Wildman–Crippen MR) is 50.8 cm³/mol. The van der Waals surface area contributed by atoms with E-state index in [-0.39, 0.29) is 5.69 Å². The number of H-pyrrole nitrogens is 1. The van der Waals surface area contributed by atoms with Gasteiger partial charge < -0.3 is 10.1 Å². The SMILES string of the molecule is O=C(O)c1cc2ncc(Br)cc2[nH]1. The molecule has 66 valence electrons. The van der Waals surface area contributed by atoms with Crippen molar-refractivity contribution in [2.24, 2.45) is 0 Å². The van der Waals surface area contributed by atoms with Crippen LogP contribution in [0.5, 0.6) is 0 Å². The number of nitrogens with one attached hydrogen (secondary N) is 1. The van der Waals surface area contributed by atoms with E-state index in [4.69, 9.17) is 5.11 Å². The van der Waals surface area contributed by atoms with Crippen LogP contribution in [0, 0.1) is 0 Å². The van der Waals surface area contributed by atoms with E-state index in [1.807, 2.05) is 0 Å². The van der Waals surface area contributed by atoms with Gasteiger partial charge in [0.15, 0.2) is 0 Å². The fraction of sp³-hybridized carbons (Fsp3) is 0. The van der Waals surface area contributed by atoms with E-state index < -0.39 is 5.97 Å². The largest absolute Gasteiger partial charge is 0.477 e. The Kier molecular flexibility index (Phi) is 1.81. The highest BCUT2D eigenvalue weighted by Gasteiger charge is 2.07. The molecule has 0 aliphatic rings. The molecule has 0 radical (unpaired) electrons. The van der Waals surface area contributed by atoms with E-state index in [9.17, 15) is 4.79 Å². The average Bonchev–Trinajstić information content (AvgIpc) is 2.46. The monoisotopic (exact) mass is 240 g/mol. The van der Waals surface area contributed by atoms with E-state index in [1.165, 1.54) is 6.07 Å². The van der Waals surface area contributed by atoms with Crippen LogP contribution in [0.1, 0.15) is 10.5 Å². The van der Waals surface area contributed by atoms with Gasteiger partial charge in [-0.1, -0.05) is 0 Å². The molecule has 0 fully saturated rings. The second-order valence-electron chi connectivity index (χ2n) is 2.57. The molecule has 4 nitrogen and oxygen atoms in total. The third-order valence-electron chi connectivity index (χ3n) is 1.67. The summed E-state index contributed by atoms with van der Waals surface area (Å²) in [5.74, 6) is -0.978. The maximum Gasteiger partial charge on any atom is 0.352 e. The highest BCUT2D eigenvalue weighted by molar-refractivity contribution is 9.10. The molecule has 0 saturated carbocycles. The first kappa shape index (κ1) is 8.25. The van der Waals surface area contributed by atoms with Crippen molar-refractivity contribution in [2.45, 2.75) is 0 Å². The number of fused-ring (bicyclic) bond motifs is 1. The Hall–Kier alpha value is -1.36. The lowest BCUT2D eigenvalue weighted by molar-refractivity contribution is 0.0691. The number of carboxylic acid groups (broad SMARTS) is 1. The summed E-state index contributed by atoms with van der Waals surface area (Å²) in [7, 11) is 0. The summed E-state index contributed by atoms with van der Waals surface area (Å²) in [6.07, 6.45) is 1.63. The van der Waals surface area contributed by atoms with Crippen LogP contribution in [-0.2, 0) is 0 Å². The van der Waals surface area contributed by atoms with Crippen LogP contribution in [0.25, 0.3) is 11.0 Å². The molecular formula is C8H5BrN2O2. The van der Waals surface area contributed by atoms with Crippen molar-refractivity contribution >= 4 is 32.9 Å². The van der Waals surface area contributed by atoms with Gasteiger partial charge in [0, 0.05) is 10.7 Å². The molecule has 13 heavy (non-hydrogen) atoms. The highest BCUT2D eigenvalue weighted by Crippen LogP contribution is 2.17. The van der Waals surface area contributed by atoms with Crippen molar-refractivity contribution < 1.29 is 9.90 Å². The van der Waals surface area contributed by atoms with Gasteiger partial charge in [0.2, 0.25) is 0 Å². The quantitative estimate of drug-likeness (QED) is 0.802. The maximum absolute atomic E-state index is 10.6. The van der Waals surface area contributed by atoms with E-state index in [1.54, 1.807) is 12.3 Å². The fourth-order valence-corrected chi connectivity index (χ4v) is 1.43. The Balaban J connectivity index is 2.68. The van der Waals surface area contributed by atoms with Crippen molar-refractivity contribution in [3.05, 3.63) is 28.5 Å². The molecule has 0 aromatic carbocycles. The molecule has 2 aromatic heterocycles. The van der Waals surface area contributed by atoms with Gasteiger partial charge in [-0.25, -0.2) is 4.79 Å². The Morgan fingerprint density at radius 2 is 2.31 bits per heavy atom. The number of halogens is 1. The predicted octanol–water partition coefficient (Wildman–Crippen LogP) is 2.02. The van der Waals surface area contributed by atoms with Gasteiger partial charge in [-0.15, -0.1) is 0 Å². The van der Waals surface area contributed by atoms with E-state index in [0.717, 1.165) is 4.47 Å². The number of pyridine rings is 1. The molecule has 0 aliphatic carbocycles. The zero-order chi connectivity index (χ0) is 9.42. The zero-order valence-electron chi connectivity index (χ0n) is 6.41. The molecule has 2 N–H and O–H groups in total. The van der Waals surface area contributed by atoms with Crippen LogP contribution in [-0.4, -0.2) is 21.0 Å². The lowest BCUT2D eigenvalue weighted by Gasteiger charge is -1.88. The molecule has 0 atom stereocenters. The lowest BCUT2D eigenvalue weighted by Crippen LogP contribution is -1.94. The van der Waals surface area contributed by atoms with Gasteiger partial charge in [0.1, 0.15) is 5.69 Å². The third kappa shape index (κ3) is 1.42. The van der Waals surface area contributed by atoms with Crippen LogP contribution in [0.3, 0.4) is 0 Å². The summed E-state index contributed by atoms with van der Waals surface area (Å²) in [6.45, 7) is 0. The van der Waals surface area contributed by atoms with E-state index >= 15 is 0 Å². The number of nitrogens with zero attached hydrogens (tertiary/aromatic N) is 1. The Labute approximate surface area is 81.7 Å². The highest BCUT2D eigenvalue weighted by atomic mass is 79.9. The Bertz CT molecular complexity index is 478. The first-order valence-corrected chi connectivity index (χ1v) is 4.33. The molecule has 2 aromatic rings. The smallest absolute Gasteiger partial charge is 0.352 e. The van der Waals surface area contributed by atoms with Gasteiger partial charge in [-0.05, 0) is 28.1 Å². The van der Waals surface area contributed by atoms with Crippen molar-refractivity contribution in [1.82, 2.24) is 9.97 Å². The standard InChI is InChI=1S/C8H5BrN2O2/c9-4-1-6-5(10-3-4)2-7(11-6)8(12)13/h1-3,11H,(H,12,13). The van der Waals surface area contributed by atoms with Crippen molar-refractivity contribution in [2.75, 3.05) is 0 Å². The first-order valence-electron chi connectivity index (χ1n) is 3.54. The van der Waals surface area contributed by atoms with Crippen LogP contribution < -0.4 is 0 Å². The number of aromatic carboxylic acids is 1. The fourth-order valence-electron chi connectivity index (χ4n) is 1.10. The molecule has 0 saturated heterocycles. The molecule has 0 spiro atoms. The number of carbonyl (C=O) groups is 1. The molecule has 0 aliphatic heterocycles. The number of carboxylic acids is 1. The number of hydrogen-bond donors (Lipinski definition) is 2.